The van der Waals surface area contributed by atoms with E-state index in [2.05, 4.69) is 5.32 Å². The average molecular weight is 592 g/mol. The van der Waals surface area contributed by atoms with E-state index in [1.54, 1.807) is 52.8 Å². The van der Waals surface area contributed by atoms with E-state index in [4.69, 9.17) is 4.74 Å². The third-order valence-corrected chi connectivity index (χ3v) is 9.50. The molecule has 224 valence electrons. The van der Waals surface area contributed by atoms with Crippen LogP contribution in [0.3, 0.4) is 0 Å². The van der Waals surface area contributed by atoms with E-state index < -0.39 is 62.9 Å². The molecule has 0 aromatic heterocycles. The Kier molecular flexibility index (Phi) is 9.91. The minimum atomic E-state index is -1.64. The lowest BCUT2D eigenvalue weighted by Crippen LogP contribution is -2.46. The molecule has 0 spiro atoms. The predicted octanol–water partition coefficient (Wildman–Crippen LogP) is 4.93. The van der Waals surface area contributed by atoms with Crippen LogP contribution in [0, 0.1) is 24.6 Å². The number of aryl methyl sites for hydroxylation is 1. The number of hydrogen-bond donors (Lipinski definition) is 2. The van der Waals surface area contributed by atoms with Gasteiger partial charge in [-0.25, -0.2) is 8.78 Å². The quantitative estimate of drug-likeness (QED) is 0.383. The molecule has 41 heavy (non-hydrogen) atoms. The minimum absolute atomic E-state index is 0.0192. The number of rotatable bonds is 11. The highest BCUT2D eigenvalue weighted by molar-refractivity contribution is 8.00. The van der Waals surface area contributed by atoms with Crippen LogP contribution in [0.5, 0.6) is 5.75 Å². The highest BCUT2D eigenvalue weighted by atomic mass is 32.2. The number of carbonyl (C=O) groups is 3. The van der Waals surface area contributed by atoms with Crippen molar-refractivity contribution in [1.29, 1.82) is 0 Å². The van der Waals surface area contributed by atoms with E-state index in [9.17, 15) is 32.5 Å². The van der Waals surface area contributed by atoms with Crippen molar-refractivity contribution in [3.05, 3.63) is 64.5 Å². The molecule has 0 bridgehead atoms. The summed E-state index contributed by atoms with van der Waals surface area (Å²) in [5.74, 6) is -3.50. The largest absolute Gasteiger partial charge is 0.461 e. The monoisotopic (exact) mass is 591 g/mol. The maximum absolute atomic E-state index is 14.9. The number of hydrogen-bond acceptors (Lipinski definition) is 6. The van der Waals surface area contributed by atoms with Gasteiger partial charge in [0.15, 0.2) is 0 Å². The lowest BCUT2D eigenvalue weighted by Gasteiger charge is -2.34. The van der Waals surface area contributed by atoms with Gasteiger partial charge >= 0.3 is 0 Å². The van der Waals surface area contributed by atoms with Crippen molar-refractivity contribution < 1.29 is 37.2 Å². The number of ketones is 1. The molecule has 1 fully saturated rings. The molecule has 3 rings (SSSR count). The van der Waals surface area contributed by atoms with Crippen LogP contribution in [0.1, 0.15) is 80.9 Å². The number of Topliss-reactive ketones (excluding diaryl/α,β-unsaturated/α-hetero) is 1. The normalized spacial score (nSPS) is 22.1. The fourth-order valence-corrected chi connectivity index (χ4v) is 6.51. The molecule has 1 aliphatic rings. The molecule has 0 aliphatic carbocycles. The van der Waals surface area contributed by atoms with Crippen LogP contribution in [0.15, 0.2) is 36.4 Å². The lowest BCUT2D eigenvalue weighted by atomic mass is 9.72. The number of amides is 1. The lowest BCUT2D eigenvalue weighted by molar-refractivity contribution is -0.129. The van der Waals surface area contributed by atoms with Crippen LogP contribution in [0.4, 0.5) is 8.78 Å². The first-order valence-electron chi connectivity index (χ1n) is 13.6. The molecule has 6 atom stereocenters. The molecule has 7 nitrogen and oxygen atoms in total. The summed E-state index contributed by atoms with van der Waals surface area (Å²) in [5, 5.41) is 13.3. The third-order valence-electron chi connectivity index (χ3n) is 7.95. The summed E-state index contributed by atoms with van der Waals surface area (Å²) in [5.41, 5.74) is -0.299. The molecule has 10 heteroatoms. The Balaban J connectivity index is 1.93. The standard InChI is InChI=1S/C31H39F2NO6S/c1-17-8-9-21(29(37)34-31(7)15-27(35)41(39)16-31)12-22(17)13-25(19(3)30(5,6)38)28(36)18(2)24-14-23(40-20(4)32)10-11-26(24)33/h8-12,14,18-20,25,38H,13,15-16H2,1-7H3,(H,34,37). The fraction of sp³-hybridized carbons (Fsp3) is 0.516. The second-order valence-corrected chi connectivity index (χ2v) is 13.4. The summed E-state index contributed by atoms with van der Waals surface area (Å²) in [7, 11) is -1.64. The van der Waals surface area contributed by atoms with Gasteiger partial charge in [0, 0.05) is 36.3 Å². The van der Waals surface area contributed by atoms with Crippen molar-refractivity contribution >= 4 is 27.6 Å². The number of halogens is 2. The summed E-state index contributed by atoms with van der Waals surface area (Å²) in [6.45, 7) is 11.2. The van der Waals surface area contributed by atoms with E-state index in [1.165, 1.54) is 19.1 Å². The third kappa shape index (κ3) is 7.86. The Morgan fingerprint density at radius 1 is 1.17 bits per heavy atom. The van der Waals surface area contributed by atoms with Gasteiger partial charge in [-0.3, -0.25) is 18.6 Å². The van der Waals surface area contributed by atoms with Crippen LogP contribution in [-0.2, 0) is 26.8 Å². The second-order valence-electron chi connectivity index (χ2n) is 11.9. The van der Waals surface area contributed by atoms with Gasteiger partial charge in [0.1, 0.15) is 17.3 Å². The van der Waals surface area contributed by atoms with Gasteiger partial charge in [-0.15, -0.1) is 0 Å². The van der Waals surface area contributed by atoms with Crippen molar-refractivity contribution in [3.63, 3.8) is 0 Å². The summed E-state index contributed by atoms with van der Waals surface area (Å²) >= 11 is 0. The van der Waals surface area contributed by atoms with Crippen LogP contribution >= 0.6 is 0 Å². The van der Waals surface area contributed by atoms with Crippen molar-refractivity contribution in [3.8, 4) is 5.75 Å². The van der Waals surface area contributed by atoms with E-state index >= 15 is 0 Å². The molecule has 2 aromatic carbocycles. The molecule has 1 amide bonds. The molecule has 0 radical (unpaired) electrons. The van der Waals surface area contributed by atoms with E-state index in [0.717, 1.165) is 11.6 Å². The van der Waals surface area contributed by atoms with Gasteiger partial charge in [0.05, 0.1) is 27.7 Å². The Bertz CT molecular complexity index is 1340. The summed E-state index contributed by atoms with van der Waals surface area (Å²) in [6.07, 6.45) is -1.47. The molecule has 0 saturated carbocycles. The van der Waals surface area contributed by atoms with E-state index in [1.807, 2.05) is 6.92 Å². The number of aliphatic hydroxyl groups is 1. The number of alkyl halides is 1. The van der Waals surface area contributed by atoms with Crippen molar-refractivity contribution in [1.82, 2.24) is 5.32 Å². The first-order chi connectivity index (χ1) is 18.9. The van der Waals surface area contributed by atoms with E-state index in [0.29, 0.717) is 11.1 Å². The zero-order valence-electron chi connectivity index (χ0n) is 24.5. The number of nitrogens with one attached hydrogen (secondary N) is 1. The molecular formula is C31H39F2NO6S. The Labute approximate surface area is 242 Å². The summed E-state index contributed by atoms with van der Waals surface area (Å²) < 4.78 is 45.2. The fourth-order valence-electron chi connectivity index (χ4n) is 5.12. The summed E-state index contributed by atoms with van der Waals surface area (Å²) in [4.78, 5) is 38.9. The van der Waals surface area contributed by atoms with Crippen LogP contribution in [-0.4, -0.2) is 49.4 Å². The van der Waals surface area contributed by atoms with Crippen LogP contribution < -0.4 is 10.1 Å². The molecule has 2 aromatic rings. The Hall–Kier alpha value is -2.98. The molecule has 1 aliphatic heterocycles. The maximum atomic E-state index is 14.9. The first-order valence-corrected chi connectivity index (χ1v) is 14.9. The topological polar surface area (TPSA) is 110 Å². The van der Waals surface area contributed by atoms with Gasteiger partial charge in [0.2, 0.25) is 11.5 Å². The first kappa shape index (κ1) is 32.5. The molecule has 6 unspecified atom stereocenters. The second kappa shape index (κ2) is 12.5. The number of ether oxygens (including phenoxy) is 1. The molecule has 2 N–H and O–H groups in total. The van der Waals surface area contributed by atoms with Gasteiger partial charge in [0.25, 0.3) is 5.91 Å². The van der Waals surface area contributed by atoms with Crippen molar-refractivity contribution in [2.75, 3.05) is 5.75 Å². The van der Waals surface area contributed by atoms with Crippen molar-refractivity contribution in [2.24, 2.45) is 11.8 Å². The van der Waals surface area contributed by atoms with Crippen LogP contribution in [0.2, 0.25) is 0 Å². The number of carbonyl (C=O) groups excluding carboxylic acids is 3. The zero-order valence-corrected chi connectivity index (χ0v) is 25.4. The predicted molar refractivity (Wildman–Crippen MR) is 153 cm³/mol. The van der Waals surface area contributed by atoms with Gasteiger partial charge in [-0.05, 0) is 81.5 Å². The summed E-state index contributed by atoms with van der Waals surface area (Å²) in [6, 6.07) is 8.80. The smallest absolute Gasteiger partial charge is 0.251 e. The van der Waals surface area contributed by atoms with Gasteiger partial charge in [-0.1, -0.05) is 19.9 Å². The van der Waals surface area contributed by atoms with E-state index in [-0.39, 0.29) is 35.7 Å². The van der Waals surface area contributed by atoms with Gasteiger partial charge in [-0.2, -0.15) is 0 Å². The molecule has 1 saturated heterocycles. The van der Waals surface area contributed by atoms with Gasteiger partial charge < -0.3 is 15.2 Å². The minimum Gasteiger partial charge on any atom is -0.461 e. The molecule has 1 heterocycles. The highest BCUT2D eigenvalue weighted by Crippen LogP contribution is 2.35. The Morgan fingerprint density at radius 3 is 2.39 bits per heavy atom. The average Bonchev–Trinajstić information content (AvgIpc) is 3.12. The molecular weight excluding hydrogens is 552 g/mol. The number of benzene rings is 2. The SMILES string of the molecule is Cc1ccc(C(=O)NC2(C)CC(=O)S(=O)C2)cc1CC(C(=O)C(C)c1cc(OC(C)F)ccc1F)C(C)C(C)(C)O. The van der Waals surface area contributed by atoms with Crippen LogP contribution in [0.25, 0.3) is 0 Å². The van der Waals surface area contributed by atoms with Crippen molar-refractivity contribution in [2.45, 2.75) is 84.7 Å². The zero-order chi connectivity index (χ0) is 30.9. The maximum Gasteiger partial charge on any atom is 0.251 e. The Morgan fingerprint density at radius 2 is 1.83 bits per heavy atom. The highest BCUT2D eigenvalue weighted by Gasteiger charge is 2.41.